The molecule has 3 heteroatoms. The summed E-state index contributed by atoms with van der Waals surface area (Å²) >= 11 is 0. The van der Waals surface area contributed by atoms with Crippen LogP contribution in [-0.4, -0.2) is 30.2 Å². The Bertz CT molecular complexity index is 563. The third-order valence-corrected chi connectivity index (χ3v) is 8.87. The molecule has 0 radical (unpaired) electrons. The summed E-state index contributed by atoms with van der Waals surface area (Å²) in [5.41, 5.74) is 2.12. The summed E-state index contributed by atoms with van der Waals surface area (Å²) < 4.78 is 12.0. The van der Waals surface area contributed by atoms with Crippen molar-refractivity contribution in [1.29, 1.82) is 0 Å². The van der Waals surface area contributed by atoms with Gasteiger partial charge in [0.1, 0.15) is 0 Å². The maximum atomic E-state index is 10.6. The van der Waals surface area contributed by atoms with E-state index in [1.54, 1.807) is 5.57 Å². The van der Waals surface area contributed by atoms with Gasteiger partial charge in [0.05, 0.1) is 19.3 Å². The zero-order chi connectivity index (χ0) is 16.6. The number of ether oxygens (including phenoxy) is 2. The van der Waals surface area contributed by atoms with Gasteiger partial charge >= 0.3 is 0 Å². The van der Waals surface area contributed by atoms with Crippen LogP contribution in [0.1, 0.15) is 65.2 Å². The molecule has 24 heavy (non-hydrogen) atoms. The van der Waals surface area contributed by atoms with Gasteiger partial charge in [-0.05, 0) is 67.1 Å². The molecule has 1 N–H and O–H groups in total. The molecule has 0 aromatic rings. The van der Waals surface area contributed by atoms with Gasteiger partial charge in [0.25, 0.3) is 0 Å². The highest BCUT2D eigenvalue weighted by molar-refractivity contribution is 5.26. The largest absolute Gasteiger partial charge is 0.393 e. The van der Waals surface area contributed by atoms with Crippen LogP contribution in [0.3, 0.4) is 0 Å². The average molecular weight is 332 g/mol. The zero-order valence-electron chi connectivity index (χ0n) is 15.2. The highest BCUT2D eigenvalue weighted by Crippen LogP contribution is 2.65. The van der Waals surface area contributed by atoms with Crippen molar-refractivity contribution in [3.05, 3.63) is 11.6 Å². The molecule has 5 rings (SSSR count). The fourth-order valence-corrected chi connectivity index (χ4v) is 7.32. The molecule has 0 amide bonds. The van der Waals surface area contributed by atoms with E-state index in [9.17, 15) is 5.11 Å². The van der Waals surface area contributed by atoms with Gasteiger partial charge in [-0.25, -0.2) is 0 Å². The number of allylic oxidation sites excluding steroid dienone is 1. The first-order chi connectivity index (χ1) is 11.5. The summed E-state index contributed by atoms with van der Waals surface area (Å²) in [7, 11) is 0. The van der Waals surface area contributed by atoms with E-state index < -0.39 is 0 Å². The normalized spacial score (nSPS) is 52.5. The van der Waals surface area contributed by atoms with Crippen molar-refractivity contribution in [3.63, 3.8) is 0 Å². The minimum atomic E-state index is -0.301. The SMILES string of the molecule is C[C@]12CC[C@@H]3[C@@H](CC=C4CC5(CC[C@@]43C)OCCO5)[C@@H]1CC[C@@H]2O. The molecule has 4 fully saturated rings. The number of hydrogen-bond acceptors (Lipinski definition) is 3. The van der Waals surface area contributed by atoms with Crippen molar-refractivity contribution >= 4 is 0 Å². The Balaban J connectivity index is 1.46. The standard InChI is InChI=1S/C21H32O3/c1-19-9-10-21(23-11-12-24-21)13-14(19)3-4-15-16-5-6-18(22)20(16,2)8-7-17(15)19/h3,15-18,22H,4-13H2,1-2H3/t15-,16-,17+,18-,19-,20-/m0/s1. The fraction of sp³-hybridized carbons (Fsp3) is 0.905. The molecule has 0 unspecified atom stereocenters. The minimum Gasteiger partial charge on any atom is -0.393 e. The molecule has 0 aromatic heterocycles. The lowest BCUT2D eigenvalue weighted by atomic mass is 9.47. The Morgan fingerprint density at radius 3 is 2.58 bits per heavy atom. The van der Waals surface area contributed by atoms with Crippen LogP contribution in [0.15, 0.2) is 11.6 Å². The molecule has 0 bridgehead atoms. The van der Waals surface area contributed by atoms with E-state index in [-0.39, 0.29) is 17.3 Å². The molecule has 1 heterocycles. The number of fused-ring (bicyclic) bond motifs is 5. The average Bonchev–Trinajstić information content (AvgIpc) is 3.14. The van der Waals surface area contributed by atoms with Crippen molar-refractivity contribution in [2.75, 3.05) is 13.2 Å². The van der Waals surface area contributed by atoms with Gasteiger partial charge in [0, 0.05) is 12.8 Å². The highest BCUT2D eigenvalue weighted by Gasteiger charge is 2.60. The molecule has 3 nitrogen and oxygen atoms in total. The first-order valence-electron chi connectivity index (χ1n) is 10.1. The van der Waals surface area contributed by atoms with Crippen LogP contribution in [0.25, 0.3) is 0 Å². The van der Waals surface area contributed by atoms with Gasteiger partial charge in [-0.15, -0.1) is 0 Å². The van der Waals surface area contributed by atoms with Crippen LogP contribution in [0.5, 0.6) is 0 Å². The van der Waals surface area contributed by atoms with Crippen LogP contribution >= 0.6 is 0 Å². The van der Waals surface area contributed by atoms with Crippen LogP contribution in [0, 0.1) is 28.6 Å². The molecule has 0 aromatic carbocycles. The smallest absolute Gasteiger partial charge is 0.172 e. The van der Waals surface area contributed by atoms with E-state index >= 15 is 0 Å². The molecule has 4 aliphatic carbocycles. The highest BCUT2D eigenvalue weighted by atomic mass is 16.7. The first-order valence-corrected chi connectivity index (χ1v) is 10.1. The Labute approximate surface area is 145 Å². The number of aliphatic hydroxyl groups excluding tert-OH is 1. The summed E-state index contributed by atoms with van der Waals surface area (Å²) in [6.45, 7) is 6.40. The lowest BCUT2D eigenvalue weighted by Crippen LogP contribution is -2.52. The van der Waals surface area contributed by atoms with E-state index in [1.807, 2.05) is 0 Å². The first kappa shape index (κ1) is 15.8. The van der Waals surface area contributed by atoms with Crippen molar-refractivity contribution < 1.29 is 14.6 Å². The van der Waals surface area contributed by atoms with E-state index in [0.717, 1.165) is 50.2 Å². The molecule has 3 saturated carbocycles. The Hall–Kier alpha value is -0.380. The summed E-state index contributed by atoms with van der Waals surface area (Å²) in [6, 6.07) is 0. The maximum Gasteiger partial charge on any atom is 0.172 e. The quantitative estimate of drug-likeness (QED) is 0.680. The Morgan fingerprint density at radius 2 is 1.79 bits per heavy atom. The predicted molar refractivity (Wildman–Crippen MR) is 92.3 cm³/mol. The number of hydrogen-bond donors (Lipinski definition) is 1. The summed E-state index contributed by atoms with van der Waals surface area (Å²) in [5, 5.41) is 10.6. The van der Waals surface area contributed by atoms with Crippen molar-refractivity contribution in [2.45, 2.75) is 77.1 Å². The minimum absolute atomic E-state index is 0.0726. The zero-order valence-corrected chi connectivity index (χ0v) is 15.2. The molecule has 1 saturated heterocycles. The van der Waals surface area contributed by atoms with Gasteiger partial charge in [-0.2, -0.15) is 0 Å². The van der Waals surface area contributed by atoms with Gasteiger partial charge < -0.3 is 14.6 Å². The fourth-order valence-electron chi connectivity index (χ4n) is 7.32. The molecule has 6 atom stereocenters. The molecular weight excluding hydrogens is 300 g/mol. The third kappa shape index (κ3) is 1.95. The maximum absolute atomic E-state index is 10.6. The molecule has 134 valence electrons. The second-order valence-electron chi connectivity index (χ2n) is 9.68. The topological polar surface area (TPSA) is 38.7 Å². The van der Waals surface area contributed by atoms with Gasteiger partial charge in [0.2, 0.25) is 0 Å². The second-order valence-corrected chi connectivity index (χ2v) is 9.68. The molecule has 1 aliphatic heterocycles. The van der Waals surface area contributed by atoms with Gasteiger partial charge in [-0.3, -0.25) is 0 Å². The van der Waals surface area contributed by atoms with Crippen LogP contribution < -0.4 is 0 Å². The van der Waals surface area contributed by atoms with E-state index in [4.69, 9.17) is 9.47 Å². The Kier molecular flexibility index (Phi) is 3.35. The molecule has 1 spiro atoms. The second kappa shape index (κ2) is 5.08. The van der Waals surface area contributed by atoms with E-state index in [0.29, 0.717) is 5.41 Å². The third-order valence-electron chi connectivity index (χ3n) is 8.87. The van der Waals surface area contributed by atoms with Crippen molar-refractivity contribution in [3.8, 4) is 0 Å². The lowest BCUT2D eigenvalue weighted by molar-refractivity contribution is -0.185. The molecule has 5 aliphatic rings. The van der Waals surface area contributed by atoms with E-state index in [2.05, 4.69) is 19.9 Å². The molecular formula is C21H32O3. The predicted octanol–water partition coefficient (Wildman–Crippen LogP) is 4.05. The Morgan fingerprint density at radius 1 is 1.00 bits per heavy atom. The summed E-state index contributed by atoms with van der Waals surface area (Å²) in [4.78, 5) is 0. The van der Waals surface area contributed by atoms with Gasteiger partial charge in [0.15, 0.2) is 5.79 Å². The van der Waals surface area contributed by atoms with Crippen molar-refractivity contribution in [2.24, 2.45) is 28.6 Å². The summed E-state index contributed by atoms with van der Waals surface area (Å²) in [5.74, 6) is 1.98. The number of aliphatic hydroxyl groups is 1. The monoisotopic (exact) mass is 332 g/mol. The van der Waals surface area contributed by atoms with Crippen LogP contribution in [-0.2, 0) is 9.47 Å². The van der Waals surface area contributed by atoms with Gasteiger partial charge in [-0.1, -0.05) is 25.5 Å². The number of rotatable bonds is 0. The lowest BCUT2D eigenvalue weighted by Gasteiger charge is -2.58. The van der Waals surface area contributed by atoms with Crippen molar-refractivity contribution in [1.82, 2.24) is 0 Å². The van der Waals surface area contributed by atoms with E-state index in [1.165, 1.54) is 32.1 Å². The van der Waals surface area contributed by atoms with Crippen LogP contribution in [0.2, 0.25) is 0 Å². The van der Waals surface area contributed by atoms with Crippen LogP contribution in [0.4, 0.5) is 0 Å². The summed E-state index contributed by atoms with van der Waals surface area (Å²) in [6.07, 6.45) is 11.7.